The van der Waals surface area contributed by atoms with Gasteiger partial charge in [-0.1, -0.05) is 42.5 Å². The van der Waals surface area contributed by atoms with Crippen LogP contribution in [0.15, 0.2) is 48.5 Å². The second-order valence-electron chi connectivity index (χ2n) is 6.73. The monoisotopic (exact) mass is 298 g/mol. The van der Waals surface area contributed by atoms with Crippen LogP contribution in [0.4, 0.5) is 4.39 Å². The normalized spacial score (nSPS) is 19.0. The minimum atomic E-state index is -0.387. The van der Waals surface area contributed by atoms with E-state index in [-0.39, 0.29) is 17.4 Å². The maximum atomic E-state index is 14.0. The highest BCUT2D eigenvalue weighted by molar-refractivity contribution is 5.35. The molecule has 2 aromatic rings. The predicted molar refractivity (Wildman–Crippen MR) is 88.0 cm³/mol. The summed E-state index contributed by atoms with van der Waals surface area (Å²) >= 11 is 0. The summed E-state index contributed by atoms with van der Waals surface area (Å²) in [4.78, 5) is 2.31. The van der Waals surface area contributed by atoms with Crippen molar-refractivity contribution in [1.82, 2.24) is 4.90 Å². The number of nitrogens with two attached hydrogens (primary N) is 1. The van der Waals surface area contributed by atoms with Gasteiger partial charge in [0.15, 0.2) is 0 Å². The number of hydrogen-bond donors (Lipinski definition) is 1. The molecule has 0 spiro atoms. The van der Waals surface area contributed by atoms with Crippen LogP contribution in [0.2, 0.25) is 0 Å². The molecule has 2 aromatic carbocycles. The van der Waals surface area contributed by atoms with E-state index >= 15 is 0 Å². The predicted octanol–water partition coefficient (Wildman–Crippen LogP) is 3.66. The zero-order valence-electron chi connectivity index (χ0n) is 13.2. The lowest BCUT2D eigenvalue weighted by Crippen LogP contribution is -2.50. The molecule has 2 N–H and O–H groups in total. The Labute approximate surface area is 131 Å². The van der Waals surface area contributed by atoms with Gasteiger partial charge in [0, 0.05) is 24.2 Å². The topological polar surface area (TPSA) is 29.3 Å². The van der Waals surface area contributed by atoms with E-state index in [1.54, 1.807) is 6.07 Å². The van der Waals surface area contributed by atoms with Crippen molar-refractivity contribution in [3.8, 4) is 0 Å². The van der Waals surface area contributed by atoms with Crippen LogP contribution in [-0.4, -0.2) is 17.0 Å². The van der Waals surface area contributed by atoms with Gasteiger partial charge in [-0.2, -0.15) is 0 Å². The molecule has 0 amide bonds. The second-order valence-corrected chi connectivity index (χ2v) is 6.73. The molecule has 0 saturated heterocycles. The maximum absolute atomic E-state index is 14.0. The number of benzene rings is 2. The van der Waals surface area contributed by atoms with Crippen LogP contribution >= 0.6 is 0 Å². The molecular formula is C19H23FN2. The molecule has 0 aliphatic carbocycles. The second kappa shape index (κ2) is 5.82. The van der Waals surface area contributed by atoms with Crippen molar-refractivity contribution in [2.24, 2.45) is 5.73 Å². The Bertz CT molecular complexity index is 660. The summed E-state index contributed by atoms with van der Waals surface area (Å²) in [5, 5.41) is 0. The SMILES string of the molecule is CC(C)(N)C1c2ccccc2CCN1Cc1ccccc1F. The third kappa shape index (κ3) is 2.92. The highest BCUT2D eigenvalue weighted by Gasteiger charge is 2.36. The lowest BCUT2D eigenvalue weighted by molar-refractivity contribution is 0.116. The Morgan fingerprint density at radius 1 is 1.14 bits per heavy atom. The van der Waals surface area contributed by atoms with E-state index in [1.807, 2.05) is 26.0 Å². The van der Waals surface area contributed by atoms with Gasteiger partial charge < -0.3 is 5.73 Å². The van der Waals surface area contributed by atoms with Gasteiger partial charge in [0.25, 0.3) is 0 Å². The van der Waals surface area contributed by atoms with Crippen molar-refractivity contribution in [1.29, 1.82) is 0 Å². The van der Waals surface area contributed by atoms with Crippen molar-refractivity contribution in [2.45, 2.75) is 38.4 Å². The fourth-order valence-corrected chi connectivity index (χ4v) is 3.51. The summed E-state index contributed by atoms with van der Waals surface area (Å²) in [6.07, 6.45) is 0.983. The van der Waals surface area contributed by atoms with Crippen LogP contribution in [0.25, 0.3) is 0 Å². The van der Waals surface area contributed by atoms with Crippen LogP contribution in [0, 0.1) is 5.82 Å². The first-order valence-electron chi connectivity index (χ1n) is 7.81. The lowest BCUT2D eigenvalue weighted by Gasteiger charge is -2.44. The Morgan fingerprint density at radius 3 is 2.55 bits per heavy atom. The van der Waals surface area contributed by atoms with E-state index in [0.29, 0.717) is 6.54 Å². The van der Waals surface area contributed by atoms with Gasteiger partial charge in [0.2, 0.25) is 0 Å². The average molecular weight is 298 g/mol. The van der Waals surface area contributed by atoms with Crippen molar-refractivity contribution < 1.29 is 4.39 Å². The number of hydrogen-bond acceptors (Lipinski definition) is 2. The van der Waals surface area contributed by atoms with Gasteiger partial charge in [-0.25, -0.2) is 4.39 Å². The zero-order chi connectivity index (χ0) is 15.7. The highest BCUT2D eigenvalue weighted by Crippen LogP contribution is 2.37. The van der Waals surface area contributed by atoms with E-state index < -0.39 is 0 Å². The summed E-state index contributed by atoms with van der Waals surface area (Å²) in [5.41, 5.74) is 9.45. The average Bonchev–Trinajstić information content (AvgIpc) is 2.48. The lowest BCUT2D eigenvalue weighted by atomic mass is 9.82. The smallest absolute Gasteiger partial charge is 0.127 e. The minimum absolute atomic E-state index is 0.0945. The molecule has 0 saturated carbocycles. The molecule has 1 aliphatic rings. The molecule has 3 rings (SSSR count). The standard InChI is InChI=1S/C19H23FN2/c1-19(2,21)18-16-9-5-3-7-14(16)11-12-22(18)13-15-8-4-6-10-17(15)20/h3-10,18H,11-13,21H2,1-2H3. The third-order valence-electron chi connectivity index (χ3n) is 4.42. The molecule has 116 valence electrons. The summed E-state index contributed by atoms with van der Waals surface area (Å²) in [6.45, 7) is 5.59. The summed E-state index contributed by atoms with van der Waals surface area (Å²) < 4.78 is 14.0. The fourth-order valence-electron chi connectivity index (χ4n) is 3.51. The van der Waals surface area contributed by atoms with Gasteiger partial charge in [0.1, 0.15) is 5.82 Å². The largest absolute Gasteiger partial charge is 0.324 e. The van der Waals surface area contributed by atoms with Crippen molar-refractivity contribution in [3.63, 3.8) is 0 Å². The van der Waals surface area contributed by atoms with Gasteiger partial charge in [0.05, 0.1) is 6.04 Å². The molecule has 0 fully saturated rings. The molecule has 1 aliphatic heterocycles. The van der Waals surface area contributed by atoms with E-state index in [2.05, 4.69) is 29.2 Å². The Kier molecular flexibility index (Phi) is 4.02. The molecule has 0 aromatic heterocycles. The molecular weight excluding hydrogens is 275 g/mol. The quantitative estimate of drug-likeness (QED) is 0.937. The van der Waals surface area contributed by atoms with Gasteiger partial charge in [-0.05, 0) is 37.5 Å². The first-order chi connectivity index (χ1) is 10.5. The van der Waals surface area contributed by atoms with E-state index in [4.69, 9.17) is 5.73 Å². The van der Waals surface area contributed by atoms with Gasteiger partial charge in [-0.3, -0.25) is 4.90 Å². The van der Waals surface area contributed by atoms with Crippen molar-refractivity contribution >= 4 is 0 Å². The maximum Gasteiger partial charge on any atom is 0.127 e. The molecule has 1 unspecified atom stereocenters. The molecule has 0 radical (unpaired) electrons. The van der Waals surface area contributed by atoms with Crippen LogP contribution in [0.3, 0.4) is 0 Å². The molecule has 1 heterocycles. The molecule has 3 heteroatoms. The highest BCUT2D eigenvalue weighted by atomic mass is 19.1. The van der Waals surface area contributed by atoms with Crippen LogP contribution in [0.5, 0.6) is 0 Å². The Hall–Kier alpha value is -1.71. The van der Waals surface area contributed by atoms with Crippen LogP contribution in [0.1, 0.15) is 36.6 Å². The first kappa shape index (κ1) is 15.2. The van der Waals surface area contributed by atoms with Gasteiger partial charge >= 0.3 is 0 Å². The first-order valence-corrected chi connectivity index (χ1v) is 7.81. The summed E-state index contributed by atoms with van der Waals surface area (Å²) in [6, 6.07) is 15.6. The van der Waals surface area contributed by atoms with E-state index in [0.717, 1.165) is 18.5 Å². The Balaban J connectivity index is 1.96. The van der Waals surface area contributed by atoms with Crippen LogP contribution < -0.4 is 5.73 Å². The summed E-state index contributed by atoms with van der Waals surface area (Å²) in [7, 11) is 0. The fraction of sp³-hybridized carbons (Fsp3) is 0.368. The van der Waals surface area contributed by atoms with E-state index in [9.17, 15) is 4.39 Å². The third-order valence-corrected chi connectivity index (χ3v) is 4.42. The van der Waals surface area contributed by atoms with E-state index in [1.165, 1.54) is 17.2 Å². The number of halogens is 1. The van der Waals surface area contributed by atoms with Gasteiger partial charge in [-0.15, -0.1) is 0 Å². The number of rotatable bonds is 3. The van der Waals surface area contributed by atoms with Crippen molar-refractivity contribution in [2.75, 3.05) is 6.54 Å². The zero-order valence-corrected chi connectivity index (χ0v) is 13.2. The van der Waals surface area contributed by atoms with Crippen molar-refractivity contribution in [3.05, 3.63) is 71.0 Å². The molecule has 0 bridgehead atoms. The Morgan fingerprint density at radius 2 is 1.82 bits per heavy atom. The molecule has 2 nitrogen and oxygen atoms in total. The number of nitrogens with zero attached hydrogens (tertiary/aromatic N) is 1. The molecule has 1 atom stereocenters. The number of fused-ring (bicyclic) bond motifs is 1. The van der Waals surface area contributed by atoms with Crippen LogP contribution in [-0.2, 0) is 13.0 Å². The minimum Gasteiger partial charge on any atom is -0.324 e. The molecule has 22 heavy (non-hydrogen) atoms. The summed E-state index contributed by atoms with van der Waals surface area (Å²) in [5.74, 6) is -0.144.